The highest BCUT2D eigenvalue weighted by molar-refractivity contribution is 5.02. The Bertz CT molecular complexity index is 309. The highest BCUT2D eigenvalue weighted by Crippen LogP contribution is 2.41. The molecule has 2 nitrogen and oxygen atoms in total. The first kappa shape index (κ1) is 14.8. The second kappa shape index (κ2) is 6.36. The minimum absolute atomic E-state index is 0.774. The maximum atomic E-state index is 3.92. The minimum Gasteiger partial charge on any atom is -0.311 e. The van der Waals surface area contributed by atoms with Crippen molar-refractivity contribution in [3.63, 3.8) is 0 Å². The highest BCUT2D eigenvalue weighted by Gasteiger charge is 2.46. The molecule has 0 aromatic heterocycles. The van der Waals surface area contributed by atoms with Crippen LogP contribution in [0.2, 0.25) is 0 Å². The number of piperazine rings is 1. The normalized spacial score (nSPS) is 40.2. The summed E-state index contributed by atoms with van der Waals surface area (Å²) in [7, 11) is 0. The maximum absolute atomic E-state index is 3.92. The number of rotatable bonds is 4. The van der Waals surface area contributed by atoms with Crippen molar-refractivity contribution in [1.82, 2.24) is 10.2 Å². The van der Waals surface area contributed by atoms with E-state index in [1.165, 1.54) is 58.0 Å². The van der Waals surface area contributed by atoms with E-state index in [2.05, 4.69) is 31.0 Å². The molecule has 3 aliphatic rings. The van der Waals surface area contributed by atoms with E-state index < -0.39 is 0 Å². The fourth-order valence-electron chi connectivity index (χ4n) is 4.75. The van der Waals surface area contributed by atoms with Gasteiger partial charge in [0.25, 0.3) is 0 Å². The van der Waals surface area contributed by atoms with Gasteiger partial charge in [-0.1, -0.05) is 46.5 Å². The van der Waals surface area contributed by atoms with Crippen molar-refractivity contribution >= 4 is 0 Å². The summed E-state index contributed by atoms with van der Waals surface area (Å²) in [4.78, 5) is 2.91. The summed E-state index contributed by atoms with van der Waals surface area (Å²) in [5, 5.41) is 3.92. The molecule has 1 aliphatic heterocycles. The third-order valence-corrected chi connectivity index (χ3v) is 6.25. The van der Waals surface area contributed by atoms with Gasteiger partial charge in [-0.25, -0.2) is 0 Å². The Morgan fingerprint density at radius 1 is 1.15 bits per heavy atom. The van der Waals surface area contributed by atoms with E-state index in [1.807, 2.05) is 0 Å². The molecular weight excluding hydrogens is 244 g/mol. The topological polar surface area (TPSA) is 15.3 Å². The molecule has 2 saturated carbocycles. The summed E-state index contributed by atoms with van der Waals surface area (Å²) >= 11 is 0. The fourth-order valence-corrected chi connectivity index (χ4v) is 4.75. The Morgan fingerprint density at radius 2 is 1.90 bits per heavy atom. The zero-order valence-electron chi connectivity index (χ0n) is 13.8. The van der Waals surface area contributed by atoms with Gasteiger partial charge in [-0.05, 0) is 37.0 Å². The first-order valence-electron chi connectivity index (χ1n) is 9.19. The summed E-state index contributed by atoms with van der Waals surface area (Å²) in [5.74, 6) is 2.74. The van der Waals surface area contributed by atoms with E-state index in [0.29, 0.717) is 0 Å². The molecule has 0 amide bonds. The Kier molecular flexibility index (Phi) is 4.72. The molecule has 1 N–H and O–H groups in total. The lowest BCUT2D eigenvalue weighted by molar-refractivity contribution is 0.0611. The lowest BCUT2D eigenvalue weighted by Gasteiger charge is -2.46. The molecule has 3 fully saturated rings. The average Bonchev–Trinajstić information content (AvgIpc) is 3.27. The van der Waals surface area contributed by atoms with Crippen LogP contribution >= 0.6 is 0 Å². The smallest absolute Gasteiger partial charge is 0.0247 e. The molecule has 1 saturated heterocycles. The summed E-state index contributed by atoms with van der Waals surface area (Å²) in [6.45, 7) is 9.74. The second-order valence-corrected chi connectivity index (χ2v) is 7.89. The third-order valence-electron chi connectivity index (χ3n) is 6.25. The summed E-state index contributed by atoms with van der Waals surface area (Å²) < 4.78 is 0. The van der Waals surface area contributed by atoms with Gasteiger partial charge >= 0.3 is 0 Å². The zero-order chi connectivity index (χ0) is 14.1. The van der Waals surface area contributed by atoms with Crippen LogP contribution in [0.4, 0.5) is 0 Å². The van der Waals surface area contributed by atoms with Crippen molar-refractivity contribution in [2.75, 3.05) is 13.1 Å². The molecular formula is C18H34N2. The van der Waals surface area contributed by atoms with Crippen molar-refractivity contribution in [1.29, 1.82) is 0 Å². The highest BCUT2D eigenvalue weighted by atomic mass is 15.3. The van der Waals surface area contributed by atoms with Crippen molar-refractivity contribution in [3.8, 4) is 0 Å². The molecule has 1 heterocycles. The van der Waals surface area contributed by atoms with Gasteiger partial charge in [0.2, 0.25) is 0 Å². The number of hydrogen-bond acceptors (Lipinski definition) is 2. The van der Waals surface area contributed by atoms with E-state index in [-0.39, 0.29) is 0 Å². The molecule has 0 radical (unpaired) electrons. The molecule has 4 unspecified atom stereocenters. The van der Waals surface area contributed by atoms with E-state index in [9.17, 15) is 0 Å². The SMILES string of the molecule is CCC1CC1N1CC(C2CCCCC2)NCC1C(C)C. The molecule has 3 rings (SSSR count). The molecule has 2 heteroatoms. The van der Waals surface area contributed by atoms with Crippen LogP contribution in [-0.4, -0.2) is 36.1 Å². The third kappa shape index (κ3) is 3.06. The van der Waals surface area contributed by atoms with Crippen molar-refractivity contribution in [3.05, 3.63) is 0 Å². The van der Waals surface area contributed by atoms with Crippen molar-refractivity contribution < 1.29 is 0 Å². The van der Waals surface area contributed by atoms with E-state index in [4.69, 9.17) is 0 Å². The molecule has 2 aliphatic carbocycles. The van der Waals surface area contributed by atoms with Gasteiger partial charge in [0, 0.05) is 31.2 Å². The number of nitrogens with one attached hydrogen (secondary N) is 1. The Labute approximate surface area is 125 Å². The van der Waals surface area contributed by atoms with Gasteiger partial charge in [0.15, 0.2) is 0 Å². The predicted molar refractivity (Wildman–Crippen MR) is 85.9 cm³/mol. The average molecular weight is 278 g/mol. The largest absolute Gasteiger partial charge is 0.311 e. The lowest BCUT2D eigenvalue weighted by Crippen LogP contribution is -2.61. The molecule has 0 bridgehead atoms. The van der Waals surface area contributed by atoms with E-state index in [0.717, 1.165) is 35.9 Å². The Balaban J connectivity index is 1.63. The van der Waals surface area contributed by atoms with Crippen LogP contribution in [0.5, 0.6) is 0 Å². The minimum atomic E-state index is 0.774. The Morgan fingerprint density at radius 3 is 2.50 bits per heavy atom. The molecule has 0 spiro atoms. The standard InChI is InChI=1S/C18H34N2/c1-4-14-10-17(14)20-12-16(15-8-6-5-7-9-15)19-11-18(20)13(2)3/h13-19H,4-12H2,1-3H3. The van der Waals surface area contributed by atoms with Gasteiger partial charge in [-0.15, -0.1) is 0 Å². The van der Waals surface area contributed by atoms with Crippen LogP contribution in [0, 0.1) is 17.8 Å². The van der Waals surface area contributed by atoms with E-state index in [1.54, 1.807) is 0 Å². The van der Waals surface area contributed by atoms with Gasteiger partial charge in [0.05, 0.1) is 0 Å². The summed E-state index contributed by atoms with van der Waals surface area (Å²) in [5.41, 5.74) is 0. The summed E-state index contributed by atoms with van der Waals surface area (Å²) in [6.07, 6.45) is 10.2. The zero-order valence-corrected chi connectivity index (χ0v) is 13.8. The molecule has 0 aromatic carbocycles. The quantitative estimate of drug-likeness (QED) is 0.844. The van der Waals surface area contributed by atoms with Gasteiger partial charge < -0.3 is 5.32 Å². The number of hydrogen-bond donors (Lipinski definition) is 1. The van der Waals surface area contributed by atoms with Gasteiger partial charge in [-0.2, -0.15) is 0 Å². The Hall–Kier alpha value is -0.0800. The molecule has 4 atom stereocenters. The van der Waals surface area contributed by atoms with Gasteiger partial charge in [0.1, 0.15) is 0 Å². The van der Waals surface area contributed by atoms with Crippen molar-refractivity contribution in [2.45, 2.75) is 83.8 Å². The van der Waals surface area contributed by atoms with Crippen molar-refractivity contribution in [2.24, 2.45) is 17.8 Å². The van der Waals surface area contributed by atoms with Gasteiger partial charge in [-0.3, -0.25) is 4.90 Å². The fraction of sp³-hybridized carbons (Fsp3) is 1.00. The van der Waals surface area contributed by atoms with Crippen LogP contribution in [0.15, 0.2) is 0 Å². The van der Waals surface area contributed by atoms with Crippen LogP contribution in [0.1, 0.15) is 65.7 Å². The number of nitrogens with zero attached hydrogens (tertiary/aromatic N) is 1. The van der Waals surface area contributed by atoms with Crippen LogP contribution in [0.25, 0.3) is 0 Å². The lowest BCUT2D eigenvalue weighted by atomic mass is 9.82. The molecule has 0 aromatic rings. The monoisotopic (exact) mass is 278 g/mol. The maximum Gasteiger partial charge on any atom is 0.0247 e. The van der Waals surface area contributed by atoms with Crippen LogP contribution < -0.4 is 5.32 Å². The molecule has 116 valence electrons. The first-order chi connectivity index (χ1) is 9.70. The summed E-state index contributed by atoms with van der Waals surface area (Å²) in [6, 6.07) is 2.47. The first-order valence-corrected chi connectivity index (χ1v) is 9.19. The van der Waals surface area contributed by atoms with E-state index >= 15 is 0 Å². The molecule has 20 heavy (non-hydrogen) atoms. The van der Waals surface area contributed by atoms with Crippen LogP contribution in [-0.2, 0) is 0 Å². The predicted octanol–water partition coefficient (Wildman–Crippen LogP) is 3.66. The second-order valence-electron chi connectivity index (χ2n) is 7.89. The van der Waals surface area contributed by atoms with Crippen LogP contribution in [0.3, 0.4) is 0 Å².